The zero-order chi connectivity index (χ0) is 24.4. The number of anilines is 1. The van der Waals surface area contributed by atoms with Crippen LogP contribution in [-0.2, 0) is 21.3 Å². The van der Waals surface area contributed by atoms with Crippen LogP contribution < -0.4 is 16.0 Å². The molecule has 0 saturated carbocycles. The van der Waals surface area contributed by atoms with Crippen molar-refractivity contribution < 1.29 is 27.6 Å². The molecule has 1 saturated heterocycles. The summed E-state index contributed by atoms with van der Waals surface area (Å²) in [6, 6.07) is 7.18. The number of hydrogen-bond donors (Lipinski definition) is 3. The number of nitrogens with zero attached hydrogens (tertiary/aromatic N) is 2. The standard InChI is InChI=1S/C21H21ClF3N5O3/c1-12-3-5-13(6-4-12)20(2)18(32)30(19(33)29-20)11-16(31)26-7-8-27-17-15(22)9-14(10-28-17)21(23,24)25/h3-6,9-10H,7-8,11H2,1-2H3,(H,26,31)(H,27,28)(H,29,33). The third kappa shape index (κ3) is 5.36. The highest BCUT2D eigenvalue weighted by molar-refractivity contribution is 6.33. The van der Waals surface area contributed by atoms with Gasteiger partial charge in [-0.1, -0.05) is 41.4 Å². The lowest BCUT2D eigenvalue weighted by Crippen LogP contribution is -2.43. The SMILES string of the molecule is Cc1ccc(C2(C)NC(=O)N(CC(=O)NCCNc3ncc(C(F)(F)F)cc3Cl)C2=O)cc1. The molecule has 1 fully saturated rings. The van der Waals surface area contributed by atoms with E-state index >= 15 is 0 Å². The number of benzene rings is 1. The Hall–Kier alpha value is -3.34. The number of rotatable bonds is 7. The number of amides is 4. The maximum absolute atomic E-state index is 12.9. The van der Waals surface area contributed by atoms with Crippen LogP contribution in [0.5, 0.6) is 0 Å². The second-order valence-corrected chi connectivity index (χ2v) is 8.05. The molecule has 1 unspecified atom stereocenters. The van der Waals surface area contributed by atoms with E-state index in [1.807, 2.05) is 19.1 Å². The first kappa shape index (κ1) is 24.3. The topological polar surface area (TPSA) is 103 Å². The quantitative estimate of drug-likeness (QED) is 0.415. The molecule has 4 amide bonds. The normalized spacial score (nSPS) is 18.3. The molecule has 1 atom stereocenters. The summed E-state index contributed by atoms with van der Waals surface area (Å²) in [4.78, 5) is 41.9. The van der Waals surface area contributed by atoms with Crippen molar-refractivity contribution in [2.24, 2.45) is 0 Å². The molecule has 0 radical (unpaired) electrons. The maximum atomic E-state index is 12.9. The lowest BCUT2D eigenvalue weighted by molar-refractivity contribution is -0.137. The monoisotopic (exact) mass is 483 g/mol. The first-order valence-electron chi connectivity index (χ1n) is 9.86. The largest absolute Gasteiger partial charge is 0.417 e. The molecule has 176 valence electrons. The zero-order valence-corrected chi connectivity index (χ0v) is 18.5. The van der Waals surface area contributed by atoms with E-state index < -0.39 is 41.7 Å². The van der Waals surface area contributed by atoms with E-state index in [9.17, 15) is 27.6 Å². The summed E-state index contributed by atoms with van der Waals surface area (Å²) >= 11 is 5.81. The number of carbonyl (C=O) groups excluding carboxylic acids is 3. The van der Waals surface area contributed by atoms with Gasteiger partial charge in [-0.25, -0.2) is 9.78 Å². The zero-order valence-electron chi connectivity index (χ0n) is 17.7. The highest BCUT2D eigenvalue weighted by atomic mass is 35.5. The average Bonchev–Trinajstić information content (AvgIpc) is 2.95. The Morgan fingerprint density at radius 2 is 1.88 bits per heavy atom. The second kappa shape index (κ2) is 9.26. The molecule has 0 spiro atoms. The van der Waals surface area contributed by atoms with E-state index in [2.05, 4.69) is 20.9 Å². The van der Waals surface area contributed by atoms with Gasteiger partial charge in [-0.2, -0.15) is 13.2 Å². The number of carbonyl (C=O) groups is 3. The van der Waals surface area contributed by atoms with Crippen molar-refractivity contribution in [3.63, 3.8) is 0 Å². The third-order valence-electron chi connectivity index (χ3n) is 5.11. The Balaban J connectivity index is 1.51. The lowest BCUT2D eigenvalue weighted by atomic mass is 9.91. The van der Waals surface area contributed by atoms with Crippen molar-refractivity contribution in [3.8, 4) is 0 Å². The summed E-state index contributed by atoms with van der Waals surface area (Å²) in [5, 5.41) is 7.64. The Labute approximate surface area is 192 Å². The number of urea groups is 1. The predicted molar refractivity (Wildman–Crippen MR) is 115 cm³/mol. The van der Waals surface area contributed by atoms with E-state index in [-0.39, 0.29) is 23.9 Å². The Morgan fingerprint density at radius 1 is 1.21 bits per heavy atom. The number of aryl methyl sites for hydroxylation is 1. The van der Waals surface area contributed by atoms with Gasteiger partial charge >= 0.3 is 12.2 Å². The van der Waals surface area contributed by atoms with Crippen molar-refractivity contribution >= 4 is 35.3 Å². The van der Waals surface area contributed by atoms with Gasteiger partial charge in [-0.3, -0.25) is 14.5 Å². The molecule has 8 nitrogen and oxygen atoms in total. The molecular weight excluding hydrogens is 463 g/mol. The molecule has 1 aromatic heterocycles. The molecule has 33 heavy (non-hydrogen) atoms. The Kier molecular flexibility index (Phi) is 6.82. The number of alkyl halides is 3. The minimum absolute atomic E-state index is 0.0295. The number of imide groups is 1. The second-order valence-electron chi connectivity index (χ2n) is 7.64. The molecule has 0 aliphatic carbocycles. The van der Waals surface area contributed by atoms with Crippen LogP contribution in [0.15, 0.2) is 36.5 Å². The van der Waals surface area contributed by atoms with Crippen LogP contribution in [0.2, 0.25) is 5.02 Å². The molecule has 3 N–H and O–H groups in total. The summed E-state index contributed by atoms with van der Waals surface area (Å²) in [7, 11) is 0. The highest BCUT2D eigenvalue weighted by Gasteiger charge is 2.49. The van der Waals surface area contributed by atoms with E-state index in [4.69, 9.17) is 11.6 Å². The van der Waals surface area contributed by atoms with Crippen molar-refractivity contribution in [2.75, 3.05) is 25.0 Å². The van der Waals surface area contributed by atoms with Gasteiger partial charge in [0.1, 0.15) is 17.9 Å². The summed E-state index contributed by atoms with van der Waals surface area (Å²) < 4.78 is 38.0. The first-order chi connectivity index (χ1) is 15.4. The summed E-state index contributed by atoms with van der Waals surface area (Å²) in [6.07, 6.45) is -3.91. The van der Waals surface area contributed by atoms with Gasteiger partial charge in [0, 0.05) is 19.3 Å². The fourth-order valence-electron chi connectivity index (χ4n) is 3.23. The van der Waals surface area contributed by atoms with Gasteiger partial charge in [0.2, 0.25) is 5.91 Å². The van der Waals surface area contributed by atoms with Crippen molar-refractivity contribution in [2.45, 2.75) is 25.6 Å². The number of pyridine rings is 1. The van der Waals surface area contributed by atoms with Crippen LogP contribution in [0.3, 0.4) is 0 Å². The van der Waals surface area contributed by atoms with Crippen LogP contribution >= 0.6 is 11.6 Å². The number of aromatic nitrogens is 1. The van der Waals surface area contributed by atoms with Crippen LogP contribution in [0.25, 0.3) is 0 Å². The highest BCUT2D eigenvalue weighted by Crippen LogP contribution is 2.32. The van der Waals surface area contributed by atoms with Gasteiger partial charge in [-0.05, 0) is 25.5 Å². The van der Waals surface area contributed by atoms with E-state index in [0.29, 0.717) is 11.8 Å². The summed E-state index contributed by atoms with van der Waals surface area (Å²) in [5.74, 6) is -1.10. The molecule has 0 bridgehead atoms. The van der Waals surface area contributed by atoms with Crippen LogP contribution in [0, 0.1) is 6.92 Å². The number of hydrogen-bond acceptors (Lipinski definition) is 5. The smallest absolute Gasteiger partial charge is 0.367 e. The first-order valence-corrected chi connectivity index (χ1v) is 10.2. The van der Waals surface area contributed by atoms with E-state index in [1.54, 1.807) is 19.1 Å². The van der Waals surface area contributed by atoms with Crippen molar-refractivity contribution in [1.29, 1.82) is 0 Å². The average molecular weight is 484 g/mol. The van der Waals surface area contributed by atoms with Crippen molar-refractivity contribution in [1.82, 2.24) is 20.5 Å². The lowest BCUT2D eigenvalue weighted by Gasteiger charge is -2.22. The molecule has 2 aromatic rings. The Morgan fingerprint density at radius 3 is 2.48 bits per heavy atom. The molecule has 1 aliphatic rings. The van der Waals surface area contributed by atoms with Gasteiger partial charge in [0.25, 0.3) is 5.91 Å². The fourth-order valence-corrected chi connectivity index (χ4v) is 3.46. The summed E-state index contributed by atoms with van der Waals surface area (Å²) in [6.45, 7) is 3.14. The predicted octanol–water partition coefficient (Wildman–Crippen LogP) is 3.06. The van der Waals surface area contributed by atoms with E-state index in [0.717, 1.165) is 16.5 Å². The molecular formula is C21H21ClF3N5O3. The minimum Gasteiger partial charge on any atom is -0.367 e. The minimum atomic E-state index is -4.56. The van der Waals surface area contributed by atoms with Gasteiger partial charge < -0.3 is 16.0 Å². The third-order valence-corrected chi connectivity index (χ3v) is 5.40. The number of halogens is 4. The van der Waals surface area contributed by atoms with Crippen LogP contribution in [-0.4, -0.2) is 47.4 Å². The molecule has 1 aromatic carbocycles. The molecule has 2 heterocycles. The fraction of sp³-hybridized carbons (Fsp3) is 0.333. The summed E-state index contributed by atoms with van der Waals surface area (Å²) in [5.41, 5.74) is -0.661. The van der Waals surface area contributed by atoms with Gasteiger partial charge in [0.05, 0.1) is 10.6 Å². The maximum Gasteiger partial charge on any atom is 0.417 e. The van der Waals surface area contributed by atoms with Crippen LogP contribution in [0.4, 0.5) is 23.8 Å². The van der Waals surface area contributed by atoms with Gasteiger partial charge in [0.15, 0.2) is 0 Å². The molecule has 12 heteroatoms. The van der Waals surface area contributed by atoms with Crippen LogP contribution in [0.1, 0.15) is 23.6 Å². The Bertz CT molecular complexity index is 1080. The molecule has 1 aliphatic heterocycles. The number of nitrogens with one attached hydrogen (secondary N) is 3. The van der Waals surface area contributed by atoms with Crippen molar-refractivity contribution in [3.05, 3.63) is 58.2 Å². The molecule has 3 rings (SSSR count). The van der Waals surface area contributed by atoms with E-state index in [1.165, 1.54) is 0 Å². The van der Waals surface area contributed by atoms with Gasteiger partial charge in [-0.15, -0.1) is 0 Å².